The zero-order valence-electron chi connectivity index (χ0n) is 15.1. The molecule has 1 aromatic heterocycles. The molecule has 0 saturated heterocycles. The lowest BCUT2D eigenvalue weighted by Gasteiger charge is -2.21. The van der Waals surface area contributed by atoms with Gasteiger partial charge in [-0.2, -0.15) is 0 Å². The Kier molecular flexibility index (Phi) is 6.21. The molecule has 3 aromatic rings. The summed E-state index contributed by atoms with van der Waals surface area (Å²) in [7, 11) is 0. The molecule has 3 rings (SSSR count). The largest absolute Gasteiger partial charge is 0.348 e. The third kappa shape index (κ3) is 4.81. The molecular formula is C22H24N2OS. The molecule has 0 saturated carbocycles. The molecule has 134 valence electrons. The van der Waals surface area contributed by atoms with Crippen LogP contribution < -0.4 is 10.6 Å². The normalized spacial score (nSPS) is 13.2. The van der Waals surface area contributed by atoms with Crippen molar-refractivity contribution in [2.75, 3.05) is 6.54 Å². The molecule has 4 heteroatoms. The van der Waals surface area contributed by atoms with Gasteiger partial charge in [0, 0.05) is 4.88 Å². The maximum absolute atomic E-state index is 12.4. The van der Waals surface area contributed by atoms with Crippen molar-refractivity contribution in [1.82, 2.24) is 10.6 Å². The summed E-state index contributed by atoms with van der Waals surface area (Å²) in [6, 6.07) is 22.7. The molecule has 0 fully saturated rings. The highest BCUT2D eigenvalue weighted by molar-refractivity contribution is 7.10. The second kappa shape index (κ2) is 8.79. The van der Waals surface area contributed by atoms with Crippen LogP contribution in [0.25, 0.3) is 0 Å². The summed E-state index contributed by atoms with van der Waals surface area (Å²) in [4.78, 5) is 13.6. The highest BCUT2D eigenvalue weighted by Gasteiger charge is 2.16. The van der Waals surface area contributed by atoms with E-state index in [1.165, 1.54) is 5.56 Å². The van der Waals surface area contributed by atoms with Gasteiger partial charge in [0.15, 0.2) is 0 Å². The number of amides is 1. The van der Waals surface area contributed by atoms with Crippen molar-refractivity contribution in [1.29, 1.82) is 0 Å². The molecule has 0 aliphatic carbocycles. The minimum absolute atomic E-state index is 0.000979. The van der Waals surface area contributed by atoms with Gasteiger partial charge in [0.25, 0.3) is 0 Å². The van der Waals surface area contributed by atoms with E-state index in [2.05, 4.69) is 54.0 Å². The summed E-state index contributed by atoms with van der Waals surface area (Å²) in [5.41, 5.74) is 3.53. The molecule has 0 unspecified atom stereocenters. The fourth-order valence-corrected chi connectivity index (χ4v) is 3.66. The standard InChI is InChI=1S/C22H24N2OS/c1-16-10-12-19(13-11-16)22(18-7-4-3-5-8-18)23-15-21(25)24-17(2)20-9-6-14-26-20/h3-14,17,22-23H,15H2,1-2H3,(H,24,25)/t17-,22+/m0/s1. The van der Waals surface area contributed by atoms with E-state index in [9.17, 15) is 4.79 Å². The van der Waals surface area contributed by atoms with Gasteiger partial charge in [-0.25, -0.2) is 0 Å². The van der Waals surface area contributed by atoms with Crippen molar-refractivity contribution in [3.05, 3.63) is 93.7 Å². The van der Waals surface area contributed by atoms with Crippen molar-refractivity contribution >= 4 is 17.2 Å². The summed E-state index contributed by atoms with van der Waals surface area (Å²) in [5, 5.41) is 8.50. The first-order chi connectivity index (χ1) is 12.6. The summed E-state index contributed by atoms with van der Waals surface area (Å²) in [5.74, 6) is -0.000979. The monoisotopic (exact) mass is 364 g/mol. The summed E-state index contributed by atoms with van der Waals surface area (Å²) < 4.78 is 0. The molecule has 0 radical (unpaired) electrons. The van der Waals surface area contributed by atoms with Gasteiger partial charge in [0.2, 0.25) is 5.91 Å². The van der Waals surface area contributed by atoms with Gasteiger partial charge in [-0.1, -0.05) is 66.2 Å². The van der Waals surface area contributed by atoms with Gasteiger partial charge in [-0.05, 0) is 36.4 Å². The van der Waals surface area contributed by atoms with Gasteiger partial charge in [0.05, 0.1) is 18.6 Å². The Bertz CT molecular complexity index is 813. The van der Waals surface area contributed by atoms with E-state index in [4.69, 9.17) is 0 Å². The number of aryl methyl sites for hydroxylation is 1. The van der Waals surface area contributed by atoms with E-state index < -0.39 is 0 Å². The molecule has 0 bridgehead atoms. The van der Waals surface area contributed by atoms with Crippen LogP contribution in [-0.4, -0.2) is 12.5 Å². The molecule has 0 aliphatic heterocycles. The maximum atomic E-state index is 12.4. The molecule has 3 nitrogen and oxygen atoms in total. The van der Waals surface area contributed by atoms with E-state index in [1.54, 1.807) is 11.3 Å². The fraction of sp³-hybridized carbons (Fsp3) is 0.227. The Balaban J connectivity index is 1.68. The van der Waals surface area contributed by atoms with Gasteiger partial charge >= 0.3 is 0 Å². The average molecular weight is 365 g/mol. The van der Waals surface area contributed by atoms with Crippen molar-refractivity contribution in [3.8, 4) is 0 Å². The van der Waals surface area contributed by atoms with Crippen LogP contribution in [0.5, 0.6) is 0 Å². The Morgan fingerprint density at radius 1 is 0.962 bits per heavy atom. The lowest BCUT2D eigenvalue weighted by atomic mass is 9.98. The number of nitrogens with one attached hydrogen (secondary N) is 2. The number of benzene rings is 2. The van der Waals surface area contributed by atoms with Gasteiger partial charge in [-0.3, -0.25) is 10.1 Å². The highest BCUT2D eigenvalue weighted by atomic mass is 32.1. The maximum Gasteiger partial charge on any atom is 0.234 e. The minimum atomic E-state index is -0.0143. The molecule has 2 atom stereocenters. The number of carbonyl (C=O) groups excluding carboxylic acids is 1. The molecule has 1 amide bonds. The van der Waals surface area contributed by atoms with E-state index >= 15 is 0 Å². The first kappa shape index (κ1) is 18.4. The van der Waals surface area contributed by atoms with Crippen LogP contribution in [0.1, 0.15) is 40.6 Å². The summed E-state index contributed by atoms with van der Waals surface area (Å²) in [6.45, 7) is 4.36. The predicted octanol–water partition coefficient (Wildman–Crippen LogP) is 4.61. The Hall–Kier alpha value is -2.43. The number of hydrogen-bond donors (Lipinski definition) is 2. The van der Waals surface area contributed by atoms with E-state index in [0.29, 0.717) is 0 Å². The number of rotatable bonds is 7. The lowest BCUT2D eigenvalue weighted by Crippen LogP contribution is -2.37. The van der Waals surface area contributed by atoms with E-state index in [-0.39, 0.29) is 24.5 Å². The fourth-order valence-electron chi connectivity index (χ4n) is 2.93. The molecule has 0 aliphatic rings. The molecule has 26 heavy (non-hydrogen) atoms. The third-order valence-corrected chi connectivity index (χ3v) is 5.41. The van der Waals surface area contributed by atoms with Crippen LogP contribution >= 0.6 is 11.3 Å². The Labute approximate surface area is 159 Å². The quantitative estimate of drug-likeness (QED) is 0.643. The van der Waals surface area contributed by atoms with Crippen LogP contribution in [-0.2, 0) is 4.79 Å². The summed E-state index contributed by atoms with van der Waals surface area (Å²) >= 11 is 1.66. The first-order valence-electron chi connectivity index (χ1n) is 8.81. The van der Waals surface area contributed by atoms with Crippen LogP contribution in [0.4, 0.5) is 0 Å². The second-order valence-corrected chi connectivity index (χ2v) is 7.42. The Morgan fingerprint density at radius 3 is 2.31 bits per heavy atom. The molecule has 2 aromatic carbocycles. The summed E-state index contributed by atoms with van der Waals surface area (Å²) in [6.07, 6.45) is 0. The van der Waals surface area contributed by atoms with Crippen molar-refractivity contribution in [3.63, 3.8) is 0 Å². The third-order valence-electron chi connectivity index (χ3n) is 4.36. The zero-order chi connectivity index (χ0) is 18.4. The zero-order valence-corrected chi connectivity index (χ0v) is 15.9. The van der Waals surface area contributed by atoms with E-state index in [1.807, 2.05) is 42.6 Å². The number of carbonyl (C=O) groups is 1. The Morgan fingerprint density at radius 2 is 1.65 bits per heavy atom. The first-order valence-corrected chi connectivity index (χ1v) is 9.69. The number of hydrogen-bond acceptors (Lipinski definition) is 3. The van der Waals surface area contributed by atoms with Crippen molar-refractivity contribution in [2.24, 2.45) is 0 Å². The average Bonchev–Trinajstić information content (AvgIpc) is 3.19. The van der Waals surface area contributed by atoms with Crippen LogP contribution in [0.3, 0.4) is 0 Å². The van der Waals surface area contributed by atoms with Crippen molar-refractivity contribution in [2.45, 2.75) is 25.9 Å². The highest BCUT2D eigenvalue weighted by Crippen LogP contribution is 2.22. The molecule has 1 heterocycles. The molecule has 0 spiro atoms. The molecular weight excluding hydrogens is 340 g/mol. The van der Waals surface area contributed by atoms with Crippen LogP contribution in [0, 0.1) is 6.92 Å². The minimum Gasteiger partial charge on any atom is -0.348 e. The van der Waals surface area contributed by atoms with Crippen LogP contribution in [0.2, 0.25) is 0 Å². The van der Waals surface area contributed by atoms with Gasteiger partial charge in [0.1, 0.15) is 0 Å². The molecule has 2 N–H and O–H groups in total. The van der Waals surface area contributed by atoms with Gasteiger partial charge < -0.3 is 5.32 Å². The van der Waals surface area contributed by atoms with E-state index in [0.717, 1.165) is 16.0 Å². The predicted molar refractivity (Wildman–Crippen MR) is 108 cm³/mol. The smallest absolute Gasteiger partial charge is 0.234 e. The SMILES string of the molecule is Cc1ccc([C@H](NCC(=O)N[C@@H](C)c2cccs2)c2ccccc2)cc1. The van der Waals surface area contributed by atoms with Crippen LogP contribution in [0.15, 0.2) is 72.1 Å². The topological polar surface area (TPSA) is 41.1 Å². The second-order valence-electron chi connectivity index (χ2n) is 6.44. The number of thiophene rings is 1. The van der Waals surface area contributed by atoms with Crippen molar-refractivity contribution < 1.29 is 4.79 Å². The van der Waals surface area contributed by atoms with Gasteiger partial charge in [-0.15, -0.1) is 11.3 Å². The lowest BCUT2D eigenvalue weighted by molar-refractivity contribution is -0.120.